The topological polar surface area (TPSA) is 40.5 Å². The number of fused-ring (bicyclic) bond motifs is 1. The second-order valence-corrected chi connectivity index (χ2v) is 4.73. The minimum Gasteiger partial charge on any atom is -0.281 e. The van der Waals surface area contributed by atoms with Crippen LogP contribution in [0, 0.1) is 0 Å². The van der Waals surface area contributed by atoms with Crippen LogP contribution < -0.4 is 5.06 Å². The SMILES string of the molecule is CCCCCc1ccc2cccc(N(O)C=O)cc1-2. The number of aryl methyl sites for hydroxylation is 1. The first-order chi connectivity index (χ1) is 9.26. The van der Waals surface area contributed by atoms with E-state index >= 15 is 0 Å². The van der Waals surface area contributed by atoms with Crippen molar-refractivity contribution >= 4 is 12.1 Å². The van der Waals surface area contributed by atoms with Gasteiger partial charge in [0.25, 0.3) is 0 Å². The Morgan fingerprint density at radius 3 is 2.79 bits per heavy atom. The molecule has 1 N–H and O–H groups in total. The van der Waals surface area contributed by atoms with Crippen molar-refractivity contribution in [3.05, 3.63) is 42.0 Å². The molecule has 100 valence electrons. The van der Waals surface area contributed by atoms with Crippen molar-refractivity contribution in [3.8, 4) is 11.1 Å². The fraction of sp³-hybridized carbons (Fsp3) is 0.312. The first-order valence-electron chi connectivity index (χ1n) is 6.71. The van der Waals surface area contributed by atoms with Gasteiger partial charge in [-0.05, 0) is 41.7 Å². The predicted molar refractivity (Wildman–Crippen MR) is 76.6 cm³/mol. The van der Waals surface area contributed by atoms with Crippen molar-refractivity contribution in [2.45, 2.75) is 32.6 Å². The van der Waals surface area contributed by atoms with E-state index < -0.39 is 0 Å². The average molecular weight is 257 g/mol. The van der Waals surface area contributed by atoms with Gasteiger partial charge in [-0.3, -0.25) is 10.0 Å². The summed E-state index contributed by atoms with van der Waals surface area (Å²) in [5.74, 6) is 0. The molecule has 0 fully saturated rings. The molecule has 1 amide bonds. The number of amides is 1. The smallest absolute Gasteiger partial charge is 0.237 e. The normalized spacial score (nSPS) is 10.6. The molecule has 0 aromatic carbocycles. The highest BCUT2D eigenvalue weighted by molar-refractivity contribution is 5.78. The van der Waals surface area contributed by atoms with Gasteiger partial charge < -0.3 is 0 Å². The van der Waals surface area contributed by atoms with Crippen LogP contribution in [0.4, 0.5) is 5.69 Å². The summed E-state index contributed by atoms with van der Waals surface area (Å²) in [5.41, 5.74) is 4.02. The zero-order valence-electron chi connectivity index (χ0n) is 11.2. The molecule has 0 bridgehead atoms. The molecule has 0 saturated carbocycles. The molecule has 2 aliphatic carbocycles. The van der Waals surface area contributed by atoms with Crippen molar-refractivity contribution in [1.29, 1.82) is 0 Å². The molecule has 0 heterocycles. The van der Waals surface area contributed by atoms with Crippen LogP contribution >= 0.6 is 0 Å². The number of hydrogen-bond donors (Lipinski definition) is 1. The van der Waals surface area contributed by atoms with Crippen LogP contribution in [-0.4, -0.2) is 11.6 Å². The molecule has 0 radical (unpaired) electrons. The molecule has 0 saturated heterocycles. The van der Waals surface area contributed by atoms with Crippen molar-refractivity contribution in [1.82, 2.24) is 0 Å². The van der Waals surface area contributed by atoms with E-state index in [2.05, 4.69) is 19.1 Å². The second-order valence-electron chi connectivity index (χ2n) is 4.73. The van der Waals surface area contributed by atoms with Gasteiger partial charge in [0, 0.05) is 0 Å². The van der Waals surface area contributed by atoms with E-state index in [1.807, 2.05) is 18.2 Å². The molecular formula is C16H19NO2. The Morgan fingerprint density at radius 1 is 1.21 bits per heavy atom. The van der Waals surface area contributed by atoms with Gasteiger partial charge in [0.1, 0.15) is 0 Å². The van der Waals surface area contributed by atoms with E-state index in [0.717, 1.165) is 17.5 Å². The fourth-order valence-corrected chi connectivity index (χ4v) is 2.31. The van der Waals surface area contributed by atoms with Gasteiger partial charge in [0.2, 0.25) is 6.41 Å². The van der Waals surface area contributed by atoms with Gasteiger partial charge in [-0.2, -0.15) is 5.06 Å². The number of hydroxylamine groups is 1. The van der Waals surface area contributed by atoms with Gasteiger partial charge in [-0.15, -0.1) is 0 Å². The quantitative estimate of drug-likeness (QED) is 0.369. The number of anilines is 1. The summed E-state index contributed by atoms with van der Waals surface area (Å²) in [6, 6.07) is 11.7. The second kappa shape index (κ2) is 6.34. The minimum atomic E-state index is 0.404. The molecule has 0 aromatic rings. The summed E-state index contributed by atoms with van der Waals surface area (Å²) in [5, 5.41) is 10.1. The predicted octanol–water partition coefficient (Wildman–Crippen LogP) is 3.88. The van der Waals surface area contributed by atoms with E-state index in [1.165, 1.54) is 24.8 Å². The van der Waals surface area contributed by atoms with Crippen molar-refractivity contribution in [3.63, 3.8) is 0 Å². The largest absolute Gasteiger partial charge is 0.281 e. The number of hydrogen-bond acceptors (Lipinski definition) is 2. The zero-order chi connectivity index (χ0) is 13.7. The lowest BCUT2D eigenvalue weighted by Crippen LogP contribution is -2.13. The van der Waals surface area contributed by atoms with Crippen LogP contribution in [0.2, 0.25) is 0 Å². The first kappa shape index (κ1) is 13.6. The molecule has 3 nitrogen and oxygen atoms in total. The van der Waals surface area contributed by atoms with Gasteiger partial charge in [-0.1, -0.05) is 44.0 Å². The molecule has 2 rings (SSSR count). The van der Waals surface area contributed by atoms with E-state index in [9.17, 15) is 10.0 Å². The highest BCUT2D eigenvalue weighted by atomic mass is 16.5. The highest BCUT2D eigenvalue weighted by Gasteiger charge is 2.10. The van der Waals surface area contributed by atoms with E-state index in [0.29, 0.717) is 17.2 Å². The number of nitrogens with zero attached hydrogens (tertiary/aromatic N) is 1. The van der Waals surface area contributed by atoms with Crippen LogP contribution in [0.15, 0.2) is 36.4 Å². The Labute approximate surface area is 113 Å². The van der Waals surface area contributed by atoms with E-state index in [1.54, 1.807) is 6.07 Å². The molecule has 0 atom stereocenters. The molecule has 0 unspecified atom stereocenters. The number of unbranched alkanes of at least 4 members (excludes halogenated alkanes) is 2. The first-order valence-corrected chi connectivity index (χ1v) is 6.71. The maximum Gasteiger partial charge on any atom is 0.237 e. The number of rotatable bonds is 6. The monoisotopic (exact) mass is 257 g/mol. The summed E-state index contributed by atoms with van der Waals surface area (Å²) < 4.78 is 0. The van der Waals surface area contributed by atoms with Crippen molar-refractivity contribution in [2.75, 3.05) is 5.06 Å². The summed E-state index contributed by atoms with van der Waals surface area (Å²) in [6.07, 6.45) is 5.03. The van der Waals surface area contributed by atoms with Gasteiger partial charge in [-0.25, -0.2) is 0 Å². The van der Waals surface area contributed by atoms with Crippen LogP contribution in [0.25, 0.3) is 11.1 Å². The lowest BCUT2D eigenvalue weighted by atomic mass is 10.0. The number of carbonyl (C=O) groups is 1. The lowest BCUT2D eigenvalue weighted by Gasteiger charge is -2.07. The Hall–Kier alpha value is -1.87. The maximum absolute atomic E-state index is 10.7. The fourth-order valence-electron chi connectivity index (χ4n) is 2.31. The lowest BCUT2D eigenvalue weighted by molar-refractivity contribution is -0.111. The maximum atomic E-state index is 10.7. The molecule has 3 heteroatoms. The summed E-state index contributed by atoms with van der Waals surface area (Å²) >= 11 is 0. The van der Waals surface area contributed by atoms with Gasteiger partial charge in [0.15, 0.2) is 0 Å². The zero-order valence-corrected chi connectivity index (χ0v) is 11.2. The summed E-state index contributed by atoms with van der Waals surface area (Å²) in [7, 11) is 0. The Morgan fingerprint density at radius 2 is 2.05 bits per heavy atom. The molecule has 0 spiro atoms. The average Bonchev–Trinajstić information content (AvgIpc) is 2.68. The Bertz CT molecular complexity index is 524. The Balaban J connectivity index is 2.32. The van der Waals surface area contributed by atoms with Crippen molar-refractivity contribution in [2.24, 2.45) is 0 Å². The minimum absolute atomic E-state index is 0.404. The third-order valence-electron chi connectivity index (χ3n) is 3.37. The standard InChI is InChI=1S/C16H19NO2/c1-2-3-4-6-13-9-10-14-7-5-8-15(11-16(13)14)17(19)12-18/h5,7-12,19H,2-4,6H2,1H3. The molecule has 19 heavy (non-hydrogen) atoms. The van der Waals surface area contributed by atoms with Gasteiger partial charge in [0.05, 0.1) is 5.69 Å². The van der Waals surface area contributed by atoms with Gasteiger partial charge >= 0.3 is 0 Å². The summed E-state index contributed by atoms with van der Waals surface area (Å²) in [6.45, 7) is 2.19. The van der Waals surface area contributed by atoms with E-state index in [4.69, 9.17) is 0 Å². The molecule has 0 aliphatic heterocycles. The van der Waals surface area contributed by atoms with Crippen LogP contribution in [-0.2, 0) is 11.2 Å². The van der Waals surface area contributed by atoms with Crippen molar-refractivity contribution < 1.29 is 10.0 Å². The highest BCUT2D eigenvalue weighted by Crippen LogP contribution is 2.31. The third kappa shape index (κ3) is 3.12. The van der Waals surface area contributed by atoms with E-state index in [-0.39, 0.29) is 0 Å². The van der Waals surface area contributed by atoms with Crippen LogP contribution in [0.3, 0.4) is 0 Å². The van der Waals surface area contributed by atoms with Crippen LogP contribution in [0.1, 0.15) is 31.7 Å². The molecular weight excluding hydrogens is 238 g/mol. The number of carbonyl (C=O) groups excluding carboxylic acids is 1. The van der Waals surface area contributed by atoms with Crippen LogP contribution in [0.5, 0.6) is 0 Å². The molecule has 0 aromatic heterocycles. The summed E-state index contributed by atoms with van der Waals surface area (Å²) in [4.78, 5) is 10.7. The third-order valence-corrected chi connectivity index (χ3v) is 3.37. The Kier molecular flexibility index (Phi) is 4.53. The molecule has 2 aliphatic rings.